The quantitative estimate of drug-likeness (QED) is 0.798. The van der Waals surface area contributed by atoms with Gasteiger partial charge in [0.15, 0.2) is 0 Å². The second-order valence-electron chi connectivity index (χ2n) is 3.71. The molecule has 1 aliphatic carbocycles. The van der Waals surface area contributed by atoms with Gasteiger partial charge in [0.05, 0.1) is 5.03 Å². The molecule has 0 aliphatic heterocycles. The van der Waals surface area contributed by atoms with Crippen molar-refractivity contribution in [2.75, 3.05) is 0 Å². The van der Waals surface area contributed by atoms with Gasteiger partial charge in [-0.2, -0.15) is 0 Å². The molecule has 1 aromatic heterocycles. The summed E-state index contributed by atoms with van der Waals surface area (Å²) in [5, 5.41) is 9.18. The normalized spacial score (nSPS) is 16.1. The van der Waals surface area contributed by atoms with Crippen LogP contribution in [0.2, 0.25) is 0 Å². The van der Waals surface area contributed by atoms with Crippen LogP contribution in [0, 0.1) is 0 Å². The highest BCUT2D eigenvalue weighted by Gasteiger charge is 2.16. The van der Waals surface area contributed by atoms with Crippen LogP contribution in [-0.2, 0) is 17.6 Å². The minimum Gasteiger partial charge on any atom is -0.480 e. The van der Waals surface area contributed by atoms with E-state index in [-0.39, 0.29) is 0 Å². The fraction of sp³-hybridized carbons (Fsp3) is 0.455. The van der Waals surface area contributed by atoms with Crippen molar-refractivity contribution in [1.82, 2.24) is 4.98 Å². The Morgan fingerprint density at radius 3 is 3.07 bits per heavy atom. The van der Waals surface area contributed by atoms with Crippen LogP contribution < -0.4 is 0 Å². The molecule has 0 amide bonds. The first-order valence-electron chi connectivity index (χ1n) is 5.05. The number of nitrogens with zero attached hydrogens (tertiary/aromatic N) is 1. The first-order chi connectivity index (χ1) is 7.16. The van der Waals surface area contributed by atoms with E-state index in [0.29, 0.717) is 0 Å². The molecule has 1 unspecified atom stereocenters. The van der Waals surface area contributed by atoms with Gasteiger partial charge < -0.3 is 5.11 Å². The molecule has 0 aromatic carbocycles. The first kappa shape index (κ1) is 10.5. The number of hydrogen-bond acceptors (Lipinski definition) is 3. The Bertz CT molecular complexity index is 392. The van der Waals surface area contributed by atoms with Crippen LogP contribution in [0.5, 0.6) is 0 Å². The largest absolute Gasteiger partial charge is 0.480 e. The van der Waals surface area contributed by atoms with Crippen molar-refractivity contribution in [2.45, 2.75) is 36.5 Å². The fourth-order valence-corrected chi connectivity index (χ4v) is 2.47. The summed E-state index contributed by atoms with van der Waals surface area (Å²) in [4.78, 5) is 15.2. The Balaban J connectivity index is 2.13. The minimum absolute atomic E-state index is 0.433. The van der Waals surface area contributed by atoms with E-state index in [1.165, 1.54) is 23.7 Å². The van der Waals surface area contributed by atoms with Crippen molar-refractivity contribution in [3.8, 4) is 0 Å². The van der Waals surface area contributed by atoms with Crippen molar-refractivity contribution in [2.24, 2.45) is 0 Å². The Kier molecular flexibility index (Phi) is 2.95. The highest BCUT2D eigenvalue weighted by Crippen LogP contribution is 2.26. The number of rotatable bonds is 3. The number of hydrogen-bond donors (Lipinski definition) is 1. The molecule has 2 rings (SSSR count). The second kappa shape index (κ2) is 4.23. The van der Waals surface area contributed by atoms with Gasteiger partial charge in [-0.3, -0.25) is 4.79 Å². The number of aryl methyl sites for hydroxylation is 2. The van der Waals surface area contributed by atoms with E-state index in [0.717, 1.165) is 23.6 Å². The Hall–Kier alpha value is -1.03. The van der Waals surface area contributed by atoms with Gasteiger partial charge in [0.25, 0.3) is 0 Å². The van der Waals surface area contributed by atoms with Crippen molar-refractivity contribution >= 4 is 17.7 Å². The maximum atomic E-state index is 10.7. The third kappa shape index (κ3) is 2.31. The maximum Gasteiger partial charge on any atom is 0.316 e. The fourth-order valence-electron chi connectivity index (χ4n) is 1.70. The SMILES string of the molecule is CC(Sc1ccc2c(n1)CCC2)C(=O)O. The van der Waals surface area contributed by atoms with E-state index in [1.54, 1.807) is 6.92 Å². The topological polar surface area (TPSA) is 50.2 Å². The Labute approximate surface area is 92.9 Å². The van der Waals surface area contributed by atoms with Gasteiger partial charge in [-0.05, 0) is 37.8 Å². The van der Waals surface area contributed by atoms with Gasteiger partial charge in [-0.1, -0.05) is 17.8 Å². The number of aliphatic carboxylic acids is 1. The zero-order valence-electron chi connectivity index (χ0n) is 8.56. The second-order valence-corrected chi connectivity index (χ2v) is 5.07. The first-order valence-corrected chi connectivity index (χ1v) is 5.93. The molecular formula is C11H13NO2S. The molecule has 0 saturated carbocycles. The van der Waals surface area contributed by atoms with Crippen LogP contribution in [-0.4, -0.2) is 21.3 Å². The lowest BCUT2D eigenvalue weighted by Crippen LogP contribution is -2.11. The molecule has 0 bridgehead atoms. The lowest BCUT2D eigenvalue weighted by atomic mass is 10.2. The van der Waals surface area contributed by atoms with E-state index in [4.69, 9.17) is 5.11 Å². The van der Waals surface area contributed by atoms with Crippen molar-refractivity contribution in [1.29, 1.82) is 0 Å². The summed E-state index contributed by atoms with van der Waals surface area (Å²) in [6.07, 6.45) is 3.32. The van der Waals surface area contributed by atoms with Crippen molar-refractivity contribution in [3.63, 3.8) is 0 Å². The minimum atomic E-state index is -0.790. The maximum absolute atomic E-state index is 10.7. The van der Waals surface area contributed by atoms with E-state index in [9.17, 15) is 4.79 Å². The van der Waals surface area contributed by atoms with E-state index in [1.807, 2.05) is 6.07 Å². The van der Waals surface area contributed by atoms with E-state index in [2.05, 4.69) is 11.1 Å². The van der Waals surface area contributed by atoms with Crippen molar-refractivity contribution < 1.29 is 9.90 Å². The summed E-state index contributed by atoms with van der Waals surface area (Å²) in [6.45, 7) is 1.68. The smallest absolute Gasteiger partial charge is 0.316 e. The third-order valence-electron chi connectivity index (χ3n) is 2.55. The summed E-state index contributed by atoms with van der Waals surface area (Å²) in [5.74, 6) is -0.790. The lowest BCUT2D eigenvalue weighted by molar-refractivity contribution is -0.136. The number of fused-ring (bicyclic) bond motifs is 1. The van der Waals surface area contributed by atoms with Crippen LogP contribution >= 0.6 is 11.8 Å². The van der Waals surface area contributed by atoms with Crippen LogP contribution in [0.1, 0.15) is 24.6 Å². The van der Waals surface area contributed by atoms with Crippen LogP contribution in [0.3, 0.4) is 0 Å². The number of pyridine rings is 1. The summed E-state index contributed by atoms with van der Waals surface area (Å²) in [6, 6.07) is 4.00. The summed E-state index contributed by atoms with van der Waals surface area (Å²) < 4.78 is 0. The Morgan fingerprint density at radius 2 is 2.33 bits per heavy atom. The molecule has 0 saturated heterocycles. The number of carboxylic acids is 1. The number of carboxylic acid groups (broad SMARTS) is 1. The summed E-state index contributed by atoms with van der Waals surface area (Å²) in [7, 11) is 0. The average Bonchev–Trinajstić information content (AvgIpc) is 2.64. The number of aromatic nitrogens is 1. The van der Waals surface area contributed by atoms with Gasteiger partial charge in [-0.15, -0.1) is 0 Å². The molecular weight excluding hydrogens is 210 g/mol. The third-order valence-corrected chi connectivity index (χ3v) is 3.57. The molecule has 4 heteroatoms. The summed E-state index contributed by atoms with van der Waals surface area (Å²) in [5.41, 5.74) is 2.47. The standard InChI is InChI=1S/C11H13NO2S/c1-7(11(13)14)15-10-6-5-8-3-2-4-9(8)12-10/h5-7H,2-4H2,1H3,(H,13,14). The molecule has 3 nitrogen and oxygen atoms in total. The van der Waals surface area contributed by atoms with Crippen LogP contribution in [0.15, 0.2) is 17.2 Å². The lowest BCUT2D eigenvalue weighted by Gasteiger charge is -2.06. The molecule has 1 atom stereocenters. The number of carbonyl (C=O) groups is 1. The highest BCUT2D eigenvalue weighted by molar-refractivity contribution is 8.00. The van der Waals surface area contributed by atoms with E-state index >= 15 is 0 Å². The predicted octanol–water partition coefficient (Wildman–Crippen LogP) is 2.14. The monoisotopic (exact) mass is 223 g/mol. The zero-order valence-corrected chi connectivity index (χ0v) is 9.38. The predicted molar refractivity (Wildman–Crippen MR) is 59.2 cm³/mol. The van der Waals surface area contributed by atoms with Crippen LogP contribution in [0.4, 0.5) is 0 Å². The van der Waals surface area contributed by atoms with Crippen molar-refractivity contribution in [3.05, 3.63) is 23.4 Å². The molecule has 1 aliphatic rings. The van der Waals surface area contributed by atoms with Gasteiger partial charge in [-0.25, -0.2) is 4.98 Å². The molecule has 0 fully saturated rings. The van der Waals surface area contributed by atoms with Gasteiger partial charge in [0.2, 0.25) is 0 Å². The molecule has 15 heavy (non-hydrogen) atoms. The highest BCUT2D eigenvalue weighted by atomic mass is 32.2. The van der Waals surface area contributed by atoms with Crippen LogP contribution in [0.25, 0.3) is 0 Å². The molecule has 0 radical (unpaired) electrons. The van der Waals surface area contributed by atoms with Gasteiger partial charge in [0, 0.05) is 5.69 Å². The number of thioether (sulfide) groups is 1. The molecule has 80 valence electrons. The molecule has 0 spiro atoms. The zero-order chi connectivity index (χ0) is 10.8. The molecule has 1 N–H and O–H groups in total. The summed E-state index contributed by atoms with van der Waals surface area (Å²) >= 11 is 1.31. The molecule has 1 heterocycles. The average molecular weight is 223 g/mol. The van der Waals surface area contributed by atoms with Gasteiger partial charge in [0.1, 0.15) is 5.25 Å². The Morgan fingerprint density at radius 1 is 1.53 bits per heavy atom. The van der Waals surface area contributed by atoms with Gasteiger partial charge >= 0.3 is 5.97 Å². The van der Waals surface area contributed by atoms with E-state index < -0.39 is 11.2 Å². The molecule has 1 aromatic rings.